The van der Waals surface area contributed by atoms with E-state index in [2.05, 4.69) is 43.4 Å². The Kier molecular flexibility index (Phi) is 8.54. The van der Waals surface area contributed by atoms with Crippen molar-refractivity contribution in [1.82, 2.24) is 5.32 Å². The van der Waals surface area contributed by atoms with Crippen molar-refractivity contribution in [3.05, 3.63) is 35.9 Å². The first kappa shape index (κ1) is 18.1. The lowest BCUT2D eigenvalue weighted by molar-refractivity contribution is 0.0114. The van der Waals surface area contributed by atoms with Crippen LogP contribution in [0.5, 0.6) is 0 Å². The van der Waals surface area contributed by atoms with E-state index in [1.807, 2.05) is 6.07 Å². The van der Waals surface area contributed by atoms with E-state index in [0.29, 0.717) is 26.4 Å². The highest BCUT2D eigenvalue weighted by atomic mass is 16.5. The predicted molar refractivity (Wildman–Crippen MR) is 85.5 cm³/mol. The molecule has 0 aliphatic rings. The van der Waals surface area contributed by atoms with Gasteiger partial charge in [-0.25, -0.2) is 0 Å². The maximum Gasteiger partial charge on any atom is 0.0897 e. The minimum absolute atomic E-state index is 0.0106. The van der Waals surface area contributed by atoms with Crippen LogP contribution in [0, 0.1) is 0 Å². The van der Waals surface area contributed by atoms with Gasteiger partial charge in [-0.3, -0.25) is 0 Å². The Balaban J connectivity index is 2.19. The predicted octanol–water partition coefficient (Wildman–Crippen LogP) is 2.01. The third-order valence-electron chi connectivity index (χ3n) is 3.44. The van der Waals surface area contributed by atoms with E-state index in [1.54, 1.807) is 7.11 Å². The van der Waals surface area contributed by atoms with Crippen molar-refractivity contribution in [2.24, 2.45) is 0 Å². The summed E-state index contributed by atoms with van der Waals surface area (Å²) in [4.78, 5) is 0. The molecular weight excluding hydrogens is 266 g/mol. The largest absolute Gasteiger partial charge is 0.389 e. The van der Waals surface area contributed by atoms with Gasteiger partial charge in [0.15, 0.2) is 0 Å². The number of aryl methyl sites for hydroxylation is 1. The SMILES string of the molecule is COCCOCC(O)CNC(C)(C)CCc1ccccc1. The van der Waals surface area contributed by atoms with Crippen molar-refractivity contribution in [2.75, 3.05) is 33.5 Å². The molecule has 1 atom stereocenters. The van der Waals surface area contributed by atoms with Gasteiger partial charge in [0.25, 0.3) is 0 Å². The number of rotatable bonds is 11. The molecule has 0 amide bonds. The monoisotopic (exact) mass is 295 g/mol. The van der Waals surface area contributed by atoms with Crippen LogP contribution < -0.4 is 5.32 Å². The van der Waals surface area contributed by atoms with Crippen molar-refractivity contribution in [3.8, 4) is 0 Å². The average Bonchev–Trinajstić information content (AvgIpc) is 2.49. The molecule has 4 heteroatoms. The van der Waals surface area contributed by atoms with Gasteiger partial charge < -0.3 is 19.9 Å². The number of ether oxygens (including phenoxy) is 2. The number of aliphatic hydroxyl groups excluding tert-OH is 1. The second kappa shape index (κ2) is 9.90. The van der Waals surface area contributed by atoms with Crippen LogP contribution in [0.3, 0.4) is 0 Å². The van der Waals surface area contributed by atoms with Crippen LogP contribution in [0.15, 0.2) is 30.3 Å². The van der Waals surface area contributed by atoms with Crippen LogP contribution in [0.4, 0.5) is 0 Å². The first-order valence-corrected chi connectivity index (χ1v) is 7.57. The van der Waals surface area contributed by atoms with Gasteiger partial charge in [0.05, 0.1) is 25.9 Å². The third kappa shape index (κ3) is 8.83. The van der Waals surface area contributed by atoms with Crippen LogP contribution in [0.25, 0.3) is 0 Å². The van der Waals surface area contributed by atoms with E-state index in [0.717, 1.165) is 12.8 Å². The highest BCUT2D eigenvalue weighted by molar-refractivity contribution is 5.15. The summed E-state index contributed by atoms with van der Waals surface area (Å²) in [7, 11) is 1.64. The number of β-amino-alcohol motifs (C(OH)–C–C–N with tert-alkyl or cyclic N) is 1. The van der Waals surface area contributed by atoms with E-state index in [4.69, 9.17) is 9.47 Å². The molecule has 0 saturated heterocycles. The Labute approximate surface area is 128 Å². The zero-order chi connectivity index (χ0) is 15.6. The summed E-state index contributed by atoms with van der Waals surface area (Å²) in [5.41, 5.74) is 1.33. The molecule has 1 aromatic rings. The Bertz CT molecular complexity index is 368. The van der Waals surface area contributed by atoms with Gasteiger partial charge in [-0.05, 0) is 32.3 Å². The molecule has 0 saturated carbocycles. The normalized spacial score (nSPS) is 13.3. The number of hydrogen-bond acceptors (Lipinski definition) is 4. The summed E-state index contributed by atoms with van der Waals surface area (Å²) in [6, 6.07) is 10.5. The number of aliphatic hydroxyl groups is 1. The van der Waals surface area contributed by atoms with Crippen molar-refractivity contribution < 1.29 is 14.6 Å². The second-order valence-electron chi connectivity index (χ2n) is 5.97. The highest BCUT2D eigenvalue weighted by Crippen LogP contribution is 2.13. The molecular formula is C17H29NO3. The smallest absolute Gasteiger partial charge is 0.0897 e. The van der Waals surface area contributed by atoms with E-state index >= 15 is 0 Å². The van der Waals surface area contributed by atoms with E-state index in [9.17, 15) is 5.11 Å². The van der Waals surface area contributed by atoms with E-state index in [-0.39, 0.29) is 5.54 Å². The third-order valence-corrected chi connectivity index (χ3v) is 3.44. The van der Waals surface area contributed by atoms with Crippen LogP contribution in [-0.4, -0.2) is 50.2 Å². The lowest BCUT2D eigenvalue weighted by atomic mass is 9.95. The quantitative estimate of drug-likeness (QED) is 0.613. The molecule has 1 aromatic carbocycles. The number of benzene rings is 1. The Morgan fingerprint density at radius 1 is 1.19 bits per heavy atom. The van der Waals surface area contributed by atoms with Crippen LogP contribution in [-0.2, 0) is 15.9 Å². The van der Waals surface area contributed by atoms with Gasteiger partial charge in [-0.2, -0.15) is 0 Å². The fraction of sp³-hybridized carbons (Fsp3) is 0.647. The molecule has 0 bridgehead atoms. The van der Waals surface area contributed by atoms with E-state index < -0.39 is 6.10 Å². The molecule has 0 fully saturated rings. The molecule has 120 valence electrons. The van der Waals surface area contributed by atoms with Crippen molar-refractivity contribution >= 4 is 0 Å². The Hall–Kier alpha value is -0.940. The number of hydrogen-bond donors (Lipinski definition) is 2. The van der Waals surface area contributed by atoms with E-state index in [1.165, 1.54) is 5.56 Å². The zero-order valence-corrected chi connectivity index (χ0v) is 13.5. The summed E-state index contributed by atoms with van der Waals surface area (Å²) in [6.45, 7) is 6.27. The van der Waals surface area contributed by atoms with Gasteiger partial charge in [-0.15, -0.1) is 0 Å². The highest BCUT2D eigenvalue weighted by Gasteiger charge is 2.18. The molecule has 1 rings (SSSR count). The number of methoxy groups -OCH3 is 1. The van der Waals surface area contributed by atoms with Gasteiger partial charge in [0, 0.05) is 19.2 Å². The van der Waals surface area contributed by atoms with Gasteiger partial charge in [0.1, 0.15) is 0 Å². The van der Waals surface area contributed by atoms with Crippen LogP contribution in [0.2, 0.25) is 0 Å². The molecule has 0 spiro atoms. The Morgan fingerprint density at radius 2 is 1.90 bits per heavy atom. The van der Waals surface area contributed by atoms with Crippen molar-refractivity contribution in [1.29, 1.82) is 0 Å². The lowest BCUT2D eigenvalue weighted by Crippen LogP contribution is -2.44. The molecule has 0 heterocycles. The maximum atomic E-state index is 9.87. The second-order valence-corrected chi connectivity index (χ2v) is 5.97. The van der Waals surface area contributed by atoms with Crippen LogP contribution in [0.1, 0.15) is 25.8 Å². The Morgan fingerprint density at radius 3 is 2.57 bits per heavy atom. The fourth-order valence-electron chi connectivity index (χ4n) is 2.00. The summed E-state index contributed by atoms with van der Waals surface area (Å²) >= 11 is 0. The first-order chi connectivity index (χ1) is 10.0. The fourth-order valence-corrected chi connectivity index (χ4v) is 2.00. The molecule has 1 unspecified atom stereocenters. The van der Waals surface area contributed by atoms with Crippen molar-refractivity contribution in [3.63, 3.8) is 0 Å². The topological polar surface area (TPSA) is 50.7 Å². The summed E-state index contributed by atoms with van der Waals surface area (Å²) < 4.78 is 10.2. The van der Waals surface area contributed by atoms with Gasteiger partial charge in [0.2, 0.25) is 0 Å². The first-order valence-electron chi connectivity index (χ1n) is 7.57. The molecule has 4 nitrogen and oxygen atoms in total. The molecule has 0 radical (unpaired) electrons. The molecule has 0 aliphatic carbocycles. The summed E-state index contributed by atoms with van der Waals surface area (Å²) in [6.07, 6.45) is 1.56. The number of nitrogens with one attached hydrogen (secondary N) is 1. The molecule has 0 aliphatic heterocycles. The van der Waals surface area contributed by atoms with Crippen LogP contribution >= 0.6 is 0 Å². The molecule has 21 heavy (non-hydrogen) atoms. The average molecular weight is 295 g/mol. The van der Waals surface area contributed by atoms with Gasteiger partial charge in [-0.1, -0.05) is 30.3 Å². The van der Waals surface area contributed by atoms with Crippen molar-refractivity contribution in [2.45, 2.75) is 38.3 Å². The van der Waals surface area contributed by atoms with Gasteiger partial charge >= 0.3 is 0 Å². The minimum Gasteiger partial charge on any atom is -0.389 e. The summed E-state index contributed by atoms with van der Waals surface area (Å²) in [5, 5.41) is 13.3. The maximum absolute atomic E-state index is 9.87. The lowest BCUT2D eigenvalue weighted by Gasteiger charge is -2.28. The summed E-state index contributed by atoms with van der Waals surface area (Å²) in [5.74, 6) is 0. The standard InChI is InChI=1S/C17H29NO3/c1-17(2,10-9-15-7-5-4-6-8-15)18-13-16(19)14-21-12-11-20-3/h4-8,16,18-19H,9-14H2,1-3H3. The zero-order valence-electron chi connectivity index (χ0n) is 13.5. The molecule has 2 N–H and O–H groups in total. The minimum atomic E-state index is -0.488. The molecule has 0 aromatic heterocycles.